The van der Waals surface area contributed by atoms with Crippen LogP contribution in [0.3, 0.4) is 0 Å². The molecule has 0 spiro atoms. The van der Waals surface area contributed by atoms with E-state index in [0.717, 1.165) is 65.8 Å². The molecule has 2 aliphatic rings. The SMILES string of the molecule is CC(=O)O[C@H]1CC[C@H](n2c([C@@H]3CCC(=O)N3c3ccc(F)c(F)c3)nc3cc(-c4c(C)nnn4C)ccc32)CC1. The van der Waals surface area contributed by atoms with Crippen LogP contribution in [-0.4, -0.2) is 42.5 Å². The number of halogens is 2. The van der Waals surface area contributed by atoms with E-state index in [4.69, 9.17) is 9.72 Å². The van der Waals surface area contributed by atoms with Crippen molar-refractivity contribution in [1.29, 1.82) is 0 Å². The van der Waals surface area contributed by atoms with Gasteiger partial charge in [0.15, 0.2) is 11.6 Å². The van der Waals surface area contributed by atoms with Crippen molar-refractivity contribution in [2.45, 2.75) is 70.6 Å². The molecule has 2 aromatic carbocycles. The summed E-state index contributed by atoms with van der Waals surface area (Å²) in [6.07, 6.45) is 3.64. The molecular formula is C29H30F2N6O3. The topological polar surface area (TPSA) is 95.1 Å². The lowest BCUT2D eigenvalue weighted by molar-refractivity contribution is -0.148. The number of imidazole rings is 1. The summed E-state index contributed by atoms with van der Waals surface area (Å²) in [5.74, 6) is -1.70. The molecule has 6 rings (SSSR count). The van der Waals surface area contributed by atoms with Crippen molar-refractivity contribution >= 4 is 28.6 Å². The standard InChI is InChI=1S/C29H30F2N6O3/c1-16-28(35(3)34-33-16)18-4-11-25-24(14-18)32-29(37(25)19-5-8-21(9-6-19)40-17(2)38)26-12-13-27(39)36(26)20-7-10-22(30)23(31)15-20/h4,7,10-11,14-15,19,21,26H,5-6,8-9,12-13H2,1-3H3/t19-,21-,26-/m0/s1. The van der Waals surface area contributed by atoms with Gasteiger partial charge in [-0.2, -0.15) is 0 Å². The van der Waals surface area contributed by atoms with Crippen molar-refractivity contribution in [2.75, 3.05) is 4.90 Å². The highest BCUT2D eigenvalue weighted by Gasteiger charge is 2.39. The number of rotatable bonds is 5. The number of fused-ring (bicyclic) bond motifs is 1. The van der Waals surface area contributed by atoms with Crippen molar-refractivity contribution < 1.29 is 23.1 Å². The molecule has 3 heterocycles. The fourth-order valence-corrected chi connectivity index (χ4v) is 6.28. The number of carbonyl (C=O) groups is 2. The lowest BCUT2D eigenvalue weighted by Crippen LogP contribution is -2.31. The van der Waals surface area contributed by atoms with Gasteiger partial charge in [-0.1, -0.05) is 11.3 Å². The zero-order chi connectivity index (χ0) is 28.1. The summed E-state index contributed by atoms with van der Waals surface area (Å²) >= 11 is 0. The molecule has 1 saturated heterocycles. The molecule has 0 bridgehead atoms. The molecule has 0 radical (unpaired) electrons. The Balaban J connectivity index is 1.46. The van der Waals surface area contributed by atoms with E-state index >= 15 is 0 Å². The van der Waals surface area contributed by atoms with Crippen molar-refractivity contribution in [1.82, 2.24) is 24.5 Å². The second-order valence-electron chi connectivity index (χ2n) is 10.6. The number of hydrogen-bond acceptors (Lipinski definition) is 6. The lowest BCUT2D eigenvalue weighted by Gasteiger charge is -2.32. The molecule has 0 N–H and O–H groups in total. The molecule has 1 aliphatic carbocycles. The zero-order valence-corrected chi connectivity index (χ0v) is 22.6. The fraction of sp³-hybridized carbons (Fsp3) is 0.414. The first-order chi connectivity index (χ1) is 19.2. The Morgan fingerprint density at radius 1 is 1.02 bits per heavy atom. The summed E-state index contributed by atoms with van der Waals surface area (Å²) in [6, 6.07) is 9.23. The summed E-state index contributed by atoms with van der Waals surface area (Å²) < 4.78 is 37.3. The van der Waals surface area contributed by atoms with E-state index in [2.05, 4.69) is 14.9 Å². The molecule has 4 aromatic rings. The van der Waals surface area contributed by atoms with Crippen molar-refractivity contribution in [3.8, 4) is 11.3 Å². The average Bonchev–Trinajstić information content (AvgIpc) is 3.59. The van der Waals surface area contributed by atoms with Crippen LogP contribution in [0.15, 0.2) is 36.4 Å². The number of esters is 1. The van der Waals surface area contributed by atoms with Gasteiger partial charge >= 0.3 is 5.97 Å². The third-order valence-corrected chi connectivity index (χ3v) is 8.02. The van der Waals surface area contributed by atoms with Gasteiger partial charge in [0.25, 0.3) is 0 Å². The molecule has 2 aromatic heterocycles. The first kappa shape index (κ1) is 26.1. The quantitative estimate of drug-likeness (QED) is 0.313. The average molecular weight is 549 g/mol. The second-order valence-corrected chi connectivity index (χ2v) is 10.6. The summed E-state index contributed by atoms with van der Waals surface area (Å²) in [4.78, 5) is 31.2. The Morgan fingerprint density at radius 3 is 2.48 bits per heavy atom. The maximum atomic E-state index is 14.2. The summed E-state index contributed by atoms with van der Waals surface area (Å²) in [6.45, 7) is 3.33. The molecule has 208 valence electrons. The first-order valence-corrected chi connectivity index (χ1v) is 13.5. The lowest BCUT2D eigenvalue weighted by atomic mass is 9.92. The summed E-state index contributed by atoms with van der Waals surface area (Å²) in [5.41, 5.74) is 4.61. The Kier molecular flexibility index (Phi) is 6.59. The predicted octanol–water partition coefficient (Wildman–Crippen LogP) is 5.33. The Morgan fingerprint density at radius 2 is 1.80 bits per heavy atom. The number of nitrogens with zero attached hydrogens (tertiary/aromatic N) is 6. The van der Waals surface area contributed by atoms with Crippen molar-refractivity contribution in [2.24, 2.45) is 7.05 Å². The van der Waals surface area contributed by atoms with E-state index in [9.17, 15) is 18.4 Å². The van der Waals surface area contributed by atoms with Crippen LogP contribution in [0.4, 0.5) is 14.5 Å². The van der Waals surface area contributed by atoms with Gasteiger partial charge in [-0.25, -0.2) is 18.4 Å². The number of amides is 1. The van der Waals surface area contributed by atoms with Crippen LogP contribution in [0.25, 0.3) is 22.3 Å². The van der Waals surface area contributed by atoms with Crippen molar-refractivity contribution in [3.63, 3.8) is 0 Å². The number of anilines is 1. The van der Waals surface area contributed by atoms with Gasteiger partial charge in [0.05, 0.1) is 28.5 Å². The van der Waals surface area contributed by atoms with E-state index in [-0.39, 0.29) is 30.4 Å². The zero-order valence-electron chi connectivity index (χ0n) is 22.6. The molecule has 40 heavy (non-hydrogen) atoms. The highest BCUT2D eigenvalue weighted by atomic mass is 19.2. The van der Waals surface area contributed by atoms with Gasteiger partial charge in [-0.05, 0) is 63.3 Å². The van der Waals surface area contributed by atoms with Crippen LogP contribution in [-0.2, 0) is 21.4 Å². The second kappa shape index (κ2) is 10.1. The van der Waals surface area contributed by atoms with Crippen LogP contribution in [0.2, 0.25) is 0 Å². The minimum atomic E-state index is -1.00. The maximum absolute atomic E-state index is 14.2. The van der Waals surface area contributed by atoms with Gasteiger partial charge in [0.2, 0.25) is 5.91 Å². The molecule has 1 saturated carbocycles. The van der Waals surface area contributed by atoms with Crippen molar-refractivity contribution in [3.05, 3.63) is 59.6 Å². The van der Waals surface area contributed by atoms with Crippen LogP contribution >= 0.6 is 0 Å². The molecule has 1 amide bonds. The summed E-state index contributed by atoms with van der Waals surface area (Å²) in [5, 5.41) is 8.30. The van der Waals surface area contributed by atoms with Gasteiger partial charge in [0.1, 0.15) is 11.9 Å². The maximum Gasteiger partial charge on any atom is 0.302 e. The Labute approximate surface area is 229 Å². The van der Waals surface area contributed by atoms with Gasteiger partial charge in [0, 0.05) is 43.8 Å². The molecule has 0 unspecified atom stereocenters. The van der Waals surface area contributed by atoms with Crippen LogP contribution in [0, 0.1) is 18.6 Å². The third-order valence-electron chi connectivity index (χ3n) is 8.02. The van der Waals surface area contributed by atoms with E-state index in [1.54, 1.807) is 9.58 Å². The number of benzene rings is 2. The molecule has 11 heteroatoms. The first-order valence-electron chi connectivity index (χ1n) is 13.5. The number of ether oxygens (including phenoxy) is 1. The molecular weight excluding hydrogens is 518 g/mol. The number of carbonyl (C=O) groups excluding carboxylic acids is 2. The monoisotopic (exact) mass is 548 g/mol. The largest absolute Gasteiger partial charge is 0.463 e. The van der Waals surface area contributed by atoms with E-state index in [1.807, 2.05) is 32.2 Å². The smallest absolute Gasteiger partial charge is 0.302 e. The number of hydrogen-bond donors (Lipinski definition) is 0. The normalized spacial score (nSPS) is 21.4. The Bertz CT molecular complexity index is 1600. The molecule has 1 atom stereocenters. The van der Waals surface area contributed by atoms with Crippen LogP contribution < -0.4 is 4.90 Å². The van der Waals surface area contributed by atoms with Crippen LogP contribution in [0.5, 0.6) is 0 Å². The van der Waals surface area contributed by atoms with Gasteiger partial charge in [-0.15, -0.1) is 5.10 Å². The van der Waals surface area contributed by atoms with Gasteiger partial charge < -0.3 is 14.2 Å². The molecule has 2 fully saturated rings. The number of aromatic nitrogens is 5. The highest BCUT2D eigenvalue weighted by molar-refractivity contribution is 5.96. The van der Waals surface area contributed by atoms with Crippen LogP contribution in [0.1, 0.15) is 69.1 Å². The fourth-order valence-electron chi connectivity index (χ4n) is 6.28. The minimum absolute atomic E-state index is 0.0697. The predicted molar refractivity (Wildman–Crippen MR) is 143 cm³/mol. The number of aryl methyl sites for hydroxylation is 2. The molecule has 1 aliphatic heterocycles. The highest BCUT2D eigenvalue weighted by Crippen LogP contribution is 2.42. The summed E-state index contributed by atoms with van der Waals surface area (Å²) in [7, 11) is 1.84. The van der Waals surface area contributed by atoms with E-state index < -0.39 is 17.7 Å². The van der Waals surface area contributed by atoms with Gasteiger partial charge in [-0.3, -0.25) is 9.59 Å². The minimum Gasteiger partial charge on any atom is -0.463 e. The Hall–Kier alpha value is -4.15. The third kappa shape index (κ3) is 4.52. The van der Waals surface area contributed by atoms with E-state index in [1.165, 1.54) is 13.0 Å². The molecule has 9 nitrogen and oxygen atoms in total. The van der Waals surface area contributed by atoms with E-state index in [0.29, 0.717) is 17.9 Å².